The molecule has 0 heterocycles. The van der Waals surface area contributed by atoms with Gasteiger partial charge in [-0.3, -0.25) is 12.2 Å². The molecule has 0 N–H and O–H groups in total. The van der Waals surface area contributed by atoms with E-state index < -0.39 is 0 Å². The summed E-state index contributed by atoms with van der Waals surface area (Å²) in [7, 11) is 7.84. The summed E-state index contributed by atoms with van der Waals surface area (Å²) in [6.07, 6.45) is 23.5. The Hall–Kier alpha value is -1.02. The van der Waals surface area contributed by atoms with Gasteiger partial charge in [-0.1, -0.05) is 0 Å². The minimum Gasteiger partial charge on any atom is -0.365 e. The van der Waals surface area contributed by atoms with E-state index in [1.54, 1.807) is 12.2 Å². The third kappa shape index (κ3) is 33.7. The van der Waals surface area contributed by atoms with Gasteiger partial charge < -0.3 is 9.80 Å². The molecular weight excluding hydrogens is 359 g/mol. The SMILES string of the molecule is C=C[CH-]N(C)C.C=C[CH-]N(C)C.[C-]1=CC=CC1.[C-]1=CC=CC1.[Zr+4]. The van der Waals surface area contributed by atoms with Crippen LogP contribution in [-0.2, 0) is 26.2 Å². The van der Waals surface area contributed by atoms with E-state index in [0.29, 0.717) is 0 Å². The molecule has 2 aliphatic carbocycles. The maximum atomic E-state index is 3.50. The van der Waals surface area contributed by atoms with Gasteiger partial charge in [0.15, 0.2) is 0 Å². The Bertz CT molecular complexity index is 308. The average molecular weight is 390 g/mol. The van der Waals surface area contributed by atoms with Crippen molar-refractivity contribution in [2.45, 2.75) is 12.8 Å². The van der Waals surface area contributed by atoms with Gasteiger partial charge >= 0.3 is 26.2 Å². The van der Waals surface area contributed by atoms with Crippen molar-refractivity contribution in [3.05, 3.63) is 87.0 Å². The van der Waals surface area contributed by atoms with E-state index in [4.69, 9.17) is 0 Å². The van der Waals surface area contributed by atoms with Gasteiger partial charge in [-0.2, -0.15) is 25.2 Å². The van der Waals surface area contributed by atoms with Gasteiger partial charge in [0.05, 0.1) is 0 Å². The predicted octanol–water partition coefficient (Wildman–Crippen LogP) is 4.40. The Morgan fingerprint density at radius 2 is 1.17 bits per heavy atom. The second kappa shape index (κ2) is 23.3. The Morgan fingerprint density at radius 3 is 1.22 bits per heavy atom. The average Bonchev–Trinajstić information content (AvgIpc) is 3.19. The van der Waals surface area contributed by atoms with Crippen molar-refractivity contribution in [2.24, 2.45) is 0 Å². The van der Waals surface area contributed by atoms with Crippen molar-refractivity contribution >= 4 is 0 Å². The van der Waals surface area contributed by atoms with Crippen LogP contribution in [0.2, 0.25) is 0 Å². The van der Waals surface area contributed by atoms with Gasteiger partial charge in [0, 0.05) is 0 Å². The first-order valence-corrected chi connectivity index (χ1v) is 7.22. The number of hydrogen-bond donors (Lipinski definition) is 0. The smallest absolute Gasteiger partial charge is 0.365 e. The van der Waals surface area contributed by atoms with E-state index in [2.05, 4.69) is 37.5 Å². The van der Waals surface area contributed by atoms with E-state index in [9.17, 15) is 0 Å². The fourth-order valence-corrected chi connectivity index (χ4v) is 1.10. The van der Waals surface area contributed by atoms with Crippen LogP contribution >= 0.6 is 0 Å². The number of nitrogens with zero attached hydrogens (tertiary/aromatic N) is 2. The number of rotatable bonds is 4. The fraction of sp³-hybridized carbons (Fsp3) is 0.300. The summed E-state index contributed by atoms with van der Waals surface area (Å²) in [5.74, 6) is 0. The summed E-state index contributed by atoms with van der Waals surface area (Å²) < 4.78 is 0. The third-order valence-corrected chi connectivity index (χ3v) is 1.98. The van der Waals surface area contributed by atoms with Crippen LogP contribution in [0.1, 0.15) is 12.8 Å². The summed E-state index contributed by atoms with van der Waals surface area (Å²) in [5, 5.41) is 0. The molecule has 2 nitrogen and oxygen atoms in total. The summed E-state index contributed by atoms with van der Waals surface area (Å²) in [5.41, 5.74) is 0. The van der Waals surface area contributed by atoms with Gasteiger partial charge in [0.2, 0.25) is 0 Å². The van der Waals surface area contributed by atoms with Crippen molar-refractivity contribution in [1.29, 1.82) is 0 Å². The molecule has 2 rings (SSSR count). The molecule has 0 saturated heterocycles. The molecule has 0 aromatic carbocycles. The molecule has 3 heteroatoms. The minimum absolute atomic E-state index is 0. The van der Waals surface area contributed by atoms with Crippen LogP contribution in [0.3, 0.4) is 0 Å². The van der Waals surface area contributed by atoms with Crippen molar-refractivity contribution in [2.75, 3.05) is 28.2 Å². The number of hydrogen-bond acceptors (Lipinski definition) is 2. The summed E-state index contributed by atoms with van der Waals surface area (Å²) in [6.45, 7) is 10.8. The minimum atomic E-state index is 0. The van der Waals surface area contributed by atoms with Crippen molar-refractivity contribution < 1.29 is 26.2 Å². The molecule has 124 valence electrons. The molecular formula is C20H30N2Zr. The Labute approximate surface area is 163 Å². The molecule has 0 spiro atoms. The maximum absolute atomic E-state index is 3.50. The first-order chi connectivity index (χ1) is 10.5. The molecule has 0 radical (unpaired) electrons. The third-order valence-electron chi connectivity index (χ3n) is 1.98. The van der Waals surface area contributed by atoms with E-state index in [1.165, 1.54) is 0 Å². The number of likely N-dealkylation sites (N-methyl/N-ethyl adjacent to an activating group) is 2. The largest absolute Gasteiger partial charge is 4.00 e. The second-order valence-electron chi connectivity index (χ2n) is 4.70. The van der Waals surface area contributed by atoms with Gasteiger partial charge in [0.25, 0.3) is 0 Å². The van der Waals surface area contributed by atoms with Gasteiger partial charge in [0.1, 0.15) is 0 Å². The van der Waals surface area contributed by atoms with Crippen LogP contribution in [0.15, 0.2) is 61.8 Å². The zero-order valence-electron chi connectivity index (χ0n) is 15.0. The predicted molar refractivity (Wildman–Crippen MR) is 99.5 cm³/mol. The van der Waals surface area contributed by atoms with Crippen LogP contribution in [0.25, 0.3) is 0 Å². The molecule has 0 atom stereocenters. The Balaban J connectivity index is -0.000000229. The topological polar surface area (TPSA) is 6.48 Å². The molecule has 0 bridgehead atoms. The molecule has 23 heavy (non-hydrogen) atoms. The Kier molecular flexibility index (Phi) is 27.2. The molecule has 0 aromatic rings. The normalized spacial score (nSPS) is 12.1. The summed E-state index contributed by atoms with van der Waals surface area (Å²) in [6, 6.07) is 0. The molecule has 0 unspecified atom stereocenters. The van der Waals surface area contributed by atoms with Crippen molar-refractivity contribution in [3.8, 4) is 0 Å². The molecule has 2 aliphatic rings. The van der Waals surface area contributed by atoms with Gasteiger partial charge in [-0.05, 0) is 28.2 Å². The summed E-state index contributed by atoms with van der Waals surface area (Å²) >= 11 is 0. The quantitative estimate of drug-likeness (QED) is 0.658. The maximum Gasteiger partial charge on any atom is 4.00 e. The molecule has 0 aromatic heterocycles. The van der Waals surface area contributed by atoms with Crippen LogP contribution in [0.4, 0.5) is 0 Å². The monoisotopic (exact) mass is 388 g/mol. The van der Waals surface area contributed by atoms with Crippen molar-refractivity contribution in [1.82, 2.24) is 9.80 Å². The van der Waals surface area contributed by atoms with Crippen LogP contribution in [0, 0.1) is 25.2 Å². The zero-order chi connectivity index (χ0) is 17.1. The van der Waals surface area contributed by atoms with Gasteiger partial charge in [-0.25, -0.2) is 49.6 Å². The molecule has 0 amide bonds. The fourth-order valence-electron chi connectivity index (χ4n) is 1.10. The van der Waals surface area contributed by atoms with E-state index in [0.717, 1.165) is 12.8 Å². The Morgan fingerprint density at radius 1 is 0.826 bits per heavy atom. The van der Waals surface area contributed by atoms with E-state index >= 15 is 0 Å². The van der Waals surface area contributed by atoms with E-state index in [-0.39, 0.29) is 26.2 Å². The molecule has 0 aliphatic heterocycles. The van der Waals surface area contributed by atoms with Crippen LogP contribution < -0.4 is 0 Å². The zero-order valence-corrected chi connectivity index (χ0v) is 17.5. The number of allylic oxidation sites excluding steroid dienone is 8. The van der Waals surface area contributed by atoms with Gasteiger partial charge in [-0.15, -0.1) is 12.8 Å². The summed E-state index contributed by atoms with van der Waals surface area (Å²) in [4.78, 5) is 3.88. The first kappa shape index (κ1) is 26.9. The molecule has 0 saturated carbocycles. The standard InChI is InChI=1S/2C5H10N.2C5H5.Zr/c2*1-4-5-6(2)3;2*1-2-4-5-3-1;/h2*4-5H,1H2,2-3H3;2*1-3H,4H2;/q4*-1;+4. The van der Waals surface area contributed by atoms with Crippen molar-refractivity contribution in [3.63, 3.8) is 0 Å². The second-order valence-corrected chi connectivity index (χ2v) is 4.70. The van der Waals surface area contributed by atoms with Crippen LogP contribution in [-0.4, -0.2) is 38.0 Å². The van der Waals surface area contributed by atoms with Crippen LogP contribution in [0.5, 0.6) is 0 Å². The van der Waals surface area contributed by atoms with E-state index in [1.807, 2.05) is 75.4 Å². The first-order valence-electron chi connectivity index (χ1n) is 7.22. The molecule has 0 fully saturated rings.